The molecule has 14 rings (SSSR count). The third-order valence-corrected chi connectivity index (χ3v) is 33.4. The molecule has 0 aliphatic carbocycles. The normalized spacial score (nSPS) is 11.3. The van der Waals surface area contributed by atoms with Crippen LogP contribution >= 0.6 is 80.3 Å². The highest BCUT2D eigenvalue weighted by molar-refractivity contribution is 8.05. The monoisotopic (exact) mass is 1760 g/mol. The molecule has 0 saturated carbocycles. The van der Waals surface area contributed by atoms with E-state index in [4.69, 9.17) is 51.4 Å². The summed E-state index contributed by atoms with van der Waals surface area (Å²) in [5.74, 6) is 3.99. The molecule has 14 aromatic rings. The van der Waals surface area contributed by atoms with Crippen molar-refractivity contribution in [3.63, 3.8) is 0 Å². The first-order valence-corrected chi connectivity index (χ1v) is 43.3. The van der Waals surface area contributed by atoms with Crippen LogP contribution < -0.4 is 124 Å². The maximum Gasteiger partial charge on any atom is 0.251 e. The highest BCUT2D eigenvalue weighted by Gasteiger charge is 2.56. The van der Waals surface area contributed by atoms with Crippen LogP contribution in [-0.4, -0.2) is 32.7 Å². The van der Waals surface area contributed by atoms with Gasteiger partial charge in [0.25, 0.3) is 16.3 Å². The van der Waals surface area contributed by atoms with E-state index in [0.717, 1.165) is 79.4 Å². The summed E-state index contributed by atoms with van der Waals surface area (Å²) in [6, 6.07) is 113. The summed E-state index contributed by atoms with van der Waals surface area (Å²) in [6.45, 7) is 10.9. The molecule has 0 aliphatic rings. The van der Waals surface area contributed by atoms with E-state index in [9.17, 15) is 0 Å². The van der Waals surface area contributed by atoms with Gasteiger partial charge < -0.3 is 73.6 Å². The zero-order valence-corrected chi connectivity index (χ0v) is 70.4. The number of benzene rings is 11. The van der Waals surface area contributed by atoms with E-state index in [1.165, 1.54) is 47.7 Å². The van der Waals surface area contributed by atoms with Gasteiger partial charge in [-0.2, -0.15) is 15.0 Å². The summed E-state index contributed by atoms with van der Waals surface area (Å²) in [6.07, 6.45) is 5.38. The van der Waals surface area contributed by atoms with Crippen molar-refractivity contribution in [2.75, 3.05) is 17.8 Å². The summed E-state index contributed by atoms with van der Waals surface area (Å²) in [5.41, 5.74) is 4.79. The minimum Gasteiger partial charge on any atom is -1.00 e. The van der Waals surface area contributed by atoms with Gasteiger partial charge in [-0.15, -0.1) is 0 Å². The fourth-order valence-electron chi connectivity index (χ4n) is 12.4. The molecule has 11 aromatic carbocycles. The Labute approximate surface area is 678 Å². The standard InChI is InChI=1S/C31H28ClNOPS.C30H26ClNOPS.C26H27NOPS.ClH.2HI/c1-2-3-23-36-31-30(33-29(34-31)24-19-21-25(32)22-20-24)35(26-13-7-4-8-14-26,27-15-9-5-10-16-27)28-17-11-6-12-18-28;1-2-22-35-30-29(32-28(33-30)23-18-20-24(31)21-19-23)34(25-12-6-3-7-13-25,26-14-8-4-9-15-26)27-16-10-5-11-17-27;1-26(2,3)25-27-23(24(28-25)30-4)29(20-14-8-5-9-15-20,21-16-10-6-11-17-21)22-18-12-7-13-19-22;;;/h4-22H,2-3,23H2,1H3;3-21H,2,22H2,1H3;5-19H,1-4H3;3*1H/q3*+1;;;/p-3. The number of oxazole rings is 3. The zero-order chi connectivity index (χ0) is 70.1. The van der Waals surface area contributed by atoms with Crippen LogP contribution in [0.25, 0.3) is 22.9 Å². The van der Waals surface area contributed by atoms with Crippen molar-refractivity contribution in [3.05, 3.63) is 337 Å². The van der Waals surface area contributed by atoms with Crippen molar-refractivity contribution < 1.29 is 73.6 Å². The molecular weight excluding hydrogens is 1680 g/mol. The molecule has 0 unspecified atom stereocenters. The Morgan fingerprint density at radius 3 is 0.808 bits per heavy atom. The molecule has 0 spiro atoms. The van der Waals surface area contributed by atoms with Crippen molar-refractivity contribution in [3.8, 4) is 22.9 Å². The Balaban J connectivity index is 0.000000179. The maximum atomic E-state index is 6.59. The van der Waals surface area contributed by atoms with Crippen LogP contribution in [0.3, 0.4) is 0 Å². The molecule has 0 atom stereocenters. The molecule has 0 aliphatic heterocycles. The lowest BCUT2D eigenvalue weighted by molar-refractivity contribution is -0.00100. The molecule has 3 aromatic heterocycles. The molecule has 3 heterocycles. The van der Waals surface area contributed by atoms with Crippen LogP contribution in [0.15, 0.2) is 350 Å². The lowest BCUT2D eigenvalue weighted by atomic mass is 9.97. The molecule has 0 saturated heterocycles. The van der Waals surface area contributed by atoms with Crippen molar-refractivity contribution in [1.82, 2.24) is 15.0 Å². The number of nitrogens with zero attached hydrogens (tertiary/aromatic N) is 3. The minimum absolute atomic E-state index is 0. The number of unbranched alkanes of at least 4 members (excludes halogenated alkanes) is 1. The maximum absolute atomic E-state index is 6.59. The Morgan fingerprint density at radius 2 is 0.577 bits per heavy atom. The highest BCUT2D eigenvalue weighted by atomic mass is 127. The van der Waals surface area contributed by atoms with Crippen LogP contribution in [0.5, 0.6) is 0 Å². The quantitative estimate of drug-likeness (QED) is 0.0285. The third-order valence-electron chi connectivity index (χ3n) is 17.2. The molecule has 530 valence electrons. The van der Waals surface area contributed by atoms with Crippen molar-refractivity contribution in [2.45, 2.75) is 74.6 Å². The second-order valence-electron chi connectivity index (χ2n) is 24.9. The van der Waals surface area contributed by atoms with E-state index in [-0.39, 0.29) is 65.8 Å². The van der Waals surface area contributed by atoms with Gasteiger partial charge in [-0.3, -0.25) is 0 Å². The topological polar surface area (TPSA) is 78.1 Å². The predicted octanol–water partition coefficient (Wildman–Crippen LogP) is 10.9. The lowest BCUT2D eigenvalue weighted by Gasteiger charge is -2.25. The molecular formula is C87H81Cl3I2N3O3P3S3. The van der Waals surface area contributed by atoms with Gasteiger partial charge in [-0.1, -0.05) is 263 Å². The second kappa shape index (κ2) is 39.0. The van der Waals surface area contributed by atoms with Gasteiger partial charge in [0.1, 0.15) is 47.7 Å². The number of hydrogen-bond donors (Lipinski definition) is 0. The van der Waals surface area contributed by atoms with Crippen LogP contribution in [0.1, 0.15) is 59.8 Å². The van der Waals surface area contributed by atoms with Crippen LogP contribution in [0, 0.1) is 0 Å². The van der Waals surface area contributed by atoms with E-state index < -0.39 is 21.8 Å². The average molecular weight is 1770 g/mol. The largest absolute Gasteiger partial charge is 1.00 e. The van der Waals surface area contributed by atoms with Crippen LogP contribution in [0.2, 0.25) is 10.0 Å². The van der Waals surface area contributed by atoms with Crippen LogP contribution in [-0.2, 0) is 5.41 Å². The van der Waals surface area contributed by atoms with E-state index in [1.54, 1.807) is 35.3 Å². The summed E-state index contributed by atoms with van der Waals surface area (Å²) in [7, 11) is -6.93. The number of hydrogen-bond acceptors (Lipinski definition) is 9. The van der Waals surface area contributed by atoms with Gasteiger partial charge in [0.05, 0.1) is 0 Å². The Hall–Kier alpha value is -6.28. The van der Waals surface area contributed by atoms with Crippen molar-refractivity contribution in [1.29, 1.82) is 0 Å². The molecule has 0 N–H and O–H groups in total. The molecule has 104 heavy (non-hydrogen) atoms. The zero-order valence-electron chi connectivity index (χ0n) is 58.7. The first kappa shape index (κ1) is 81.8. The number of rotatable bonds is 22. The molecule has 0 radical (unpaired) electrons. The number of aromatic nitrogens is 3. The van der Waals surface area contributed by atoms with E-state index in [1.807, 2.05) is 48.5 Å². The van der Waals surface area contributed by atoms with Crippen molar-refractivity contribution in [2.24, 2.45) is 0 Å². The summed E-state index contributed by atoms with van der Waals surface area (Å²) in [5, 5.41) is 15.5. The average Bonchev–Trinajstić information content (AvgIpc) is 1.39. The molecule has 6 nitrogen and oxygen atoms in total. The van der Waals surface area contributed by atoms with Gasteiger partial charge in [0, 0.05) is 38.1 Å². The van der Waals surface area contributed by atoms with Gasteiger partial charge in [0.15, 0.2) is 21.8 Å². The Bertz CT molecular complexity index is 4580. The molecule has 0 fully saturated rings. The Morgan fingerprint density at radius 1 is 0.327 bits per heavy atom. The van der Waals surface area contributed by atoms with Gasteiger partial charge >= 0.3 is 0 Å². The number of halogens is 5. The summed E-state index contributed by atoms with van der Waals surface area (Å²) >= 11 is 17.5. The summed E-state index contributed by atoms with van der Waals surface area (Å²) < 4.78 is 19.5. The first-order valence-electron chi connectivity index (χ1n) is 34.0. The summed E-state index contributed by atoms with van der Waals surface area (Å²) in [4.78, 5) is 15.8. The van der Waals surface area contributed by atoms with Gasteiger partial charge in [-0.05, 0) is 177 Å². The fourth-order valence-corrected chi connectivity index (χ4v) is 28.7. The first-order chi connectivity index (χ1) is 49.4. The molecule has 0 amide bonds. The van der Waals surface area contributed by atoms with E-state index in [2.05, 4.69) is 314 Å². The molecule has 17 heteroatoms. The molecule has 0 bridgehead atoms. The van der Waals surface area contributed by atoms with E-state index in [0.29, 0.717) is 21.8 Å². The fraction of sp³-hybridized carbons (Fsp3) is 0.138. The third kappa shape index (κ3) is 18.0. The van der Waals surface area contributed by atoms with Gasteiger partial charge in [-0.25, -0.2) is 0 Å². The second-order valence-corrected chi connectivity index (χ2v) is 38.7. The lowest BCUT2D eigenvalue weighted by Crippen LogP contribution is -3.00. The Kier molecular flexibility index (Phi) is 30.7. The number of thioether (sulfide) groups is 3. The van der Waals surface area contributed by atoms with Crippen molar-refractivity contribution >= 4 is 144 Å². The SMILES string of the molecule is CCCCSc1oc(-c2ccc(Cl)cc2)nc1[P+](c1ccccc1)(c1ccccc1)c1ccccc1.CCCSc1oc(-c2ccc(Cl)cc2)nc1[P+](c1ccccc1)(c1ccccc1)c1ccccc1.CSc1oc(C(C)(C)C)nc1[P+](c1ccccc1)(c1ccccc1)c1ccccc1.[Cl-].[I-].[I-]. The predicted molar refractivity (Wildman–Crippen MR) is 442 cm³/mol. The minimum atomic E-state index is -2.35. The van der Waals surface area contributed by atoms with Crippen LogP contribution in [0.4, 0.5) is 0 Å². The van der Waals surface area contributed by atoms with Gasteiger partial charge in [0.2, 0.25) is 32.9 Å². The van der Waals surface area contributed by atoms with E-state index >= 15 is 0 Å². The highest BCUT2D eigenvalue weighted by Crippen LogP contribution is 2.59. The smallest absolute Gasteiger partial charge is 0.251 e.